The zero-order valence-electron chi connectivity index (χ0n) is 13.0. The summed E-state index contributed by atoms with van der Waals surface area (Å²) in [4.78, 5) is 14.9. The van der Waals surface area contributed by atoms with Gasteiger partial charge in [-0.25, -0.2) is 0 Å². The van der Waals surface area contributed by atoms with Gasteiger partial charge in [0.25, 0.3) is 5.91 Å². The summed E-state index contributed by atoms with van der Waals surface area (Å²) in [6, 6.07) is 0.497. The van der Waals surface area contributed by atoms with Crippen LogP contribution in [0.4, 0.5) is 0 Å². The number of amides is 1. The van der Waals surface area contributed by atoms with Crippen molar-refractivity contribution in [2.24, 2.45) is 0 Å². The number of hydrogen-bond donors (Lipinski definition) is 2. The standard InChI is InChI=1S/C16H26N4O/c1-2-20-10-6-7-12(20)11-17-16(21)15-13-8-4-3-5-9-14(13)18-19-15/h12H,2-11H2,1H3,(H,17,21)(H,18,19)/t12-/m0/s1. The lowest BCUT2D eigenvalue weighted by atomic mass is 10.1. The van der Waals surface area contributed by atoms with Crippen LogP contribution in [-0.4, -0.2) is 46.7 Å². The van der Waals surface area contributed by atoms with E-state index >= 15 is 0 Å². The second-order valence-electron chi connectivity index (χ2n) is 6.22. The summed E-state index contributed by atoms with van der Waals surface area (Å²) in [7, 11) is 0. The number of aromatic nitrogens is 2. The van der Waals surface area contributed by atoms with E-state index in [4.69, 9.17) is 0 Å². The van der Waals surface area contributed by atoms with E-state index in [1.54, 1.807) is 0 Å². The molecule has 116 valence electrons. The van der Waals surface area contributed by atoms with Crippen LogP contribution in [0.2, 0.25) is 0 Å². The number of aryl methyl sites for hydroxylation is 1. The van der Waals surface area contributed by atoms with Crippen LogP contribution in [0, 0.1) is 0 Å². The Kier molecular flexibility index (Phi) is 4.58. The highest BCUT2D eigenvalue weighted by atomic mass is 16.1. The third-order valence-corrected chi connectivity index (χ3v) is 4.92. The van der Waals surface area contributed by atoms with Crippen molar-refractivity contribution in [2.45, 2.75) is 57.9 Å². The molecule has 1 aliphatic carbocycles. The fraction of sp³-hybridized carbons (Fsp3) is 0.750. The van der Waals surface area contributed by atoms with E-state index in [0.29, 0.717) is 11.7 Å². The van der Waals surface area contributed by atoms with E-state index in [-0.39, 0.29) is 5.91 Å². The number of hydrogen-bond acceptors (Lipinski definition) is 3. The molecule has 0 bridgehead atoms. The lowest BCUT2D eigenvalue weighted by molar-refractivity contribution is 0.0935. The normalized spacial score (nSPS) is 22.8. The van der Waals surface area contributed by atoms with Gasteiger partial charge in [0, 0.05) is 23.8 Å². The number of likely N-dealkylation sites (tertiary alicyclic amines) is 1. The van der Waals surface area contributed by atoms with E-state index in [9.17, 15) is 4.79 Å². The lowest BCUT2D eigenvalue weighted by Gasteiger charge is -2.22. The maximum absolute atomic E-state index is 12.4. The van der Waals surface area contributed by atoms with Crippen LogP contribution < -0.4 is 5.32 Å². The van der Waals surface area contributed by atoms with Crippen molar-refractivity contribution in [3.05, 3.63) is 17.0 Å². The van der Waals surface area contributed by atoms with Crippen molar-refractivity contribution in [1.82, 2.24) is 20.4 Å². The first kappa shape index (κ1) is 14.6. The van der Waals surface area contributed by atoms with Crippen molar-refractivity contribution < 1.29 is 4.79 Å². The molecule has 0 aromatic carbocycles. The van der Waals surface area contributed by atoms with E-state index in [0.717, 1.165) is 38.0 Å². The van der Waals surface area contributed by atoms with Crippen LogP contribution >= 0.6 is 0 Å². The molecule has 21 heavy (non-hydrogen) atoms. The molecule has 1 aromatic rings. The summed E-state index contributed by atoms with van der Waals surface area (Å²) < 4.78 is 0. The zero-order valence-corrected chi connectivity index (χ0v) is 13.0. The molecule has 1 amide bonds. The van der Waals surface area contributed by atoms with E-state index < -0.39 is 0 Å². The summed E-state index contributed by atoms with van der Waals surface area (Å²) in [5, 5.41) is 10.4. The van der Waals surface area contributed by atoms with E-state index in [2.05, 4.69) is 27.3 Å². The third kappa shape index (κ3) is 3.12. The van der Waals surface area contributed by atoms with Gasteiger partial charge in [-0.2, -0.15) is 5.10 Å². The largest absolute Gasteiger partial charge is 0.349 e. The number of aromatic amines is 1. The van der Waals surface area contributed by atoms with Crippen LogP contribution in [0.3, 0.4) is 0 Å². The molecule has 1 atom stereocenters. The predicted molar refractivity (Wildman–Crippen MR) is 82.4 cm³/mol. The molecule has 1 aromatic heterocycles. The van der Waals surface area contributed by atoms with Crippen molar-refractivity contribution in [3.8, 4) is 0 Å². The Bertz CT molecular complexity index is 496. The molecule has 0 radical (unpaired) electrons. The molecule has 1 saturated heterocycles. The number of rotatable bonds is 4. The van der Waals surface area contributed by atoms with Gasteiger partial charge in [-0.05, 0) is 51.6 Å². The molecule has 0 spiro atoms. The minimum atomic E-state index is -0.00245. The molecule has 0 saturated carbocycles. The highest BCUT2D eigenvalue weighted by molar-refractivity contribution is 5.94. The fourth-order valence-electron chi connectivity index (χ4n) is 3.68. The molecule has 5 heteroatoms. The topological polar surface area (TPSA) is 61.0 Å². The maximum Gasteiger partial charge on any atom is 0.272 e. The molecular formula is C16H26N4O. The Morgan fingerprint density at radius 1 is 1.33 bits per heavy atom. The second-order valence-corrected chi connectivity index (χ2v) is 6.22. The Labute approximate surface area is 126 Å². The summed E-state index contributed by atoms with van der Waals surface area (Å²) in [6.07, 6.45) is 8.06. The molecule has 3 rings (SSSR count). The maximum atomic E-state index is 12.4. The summed E-state index contributed by atoms with van der Waals surface area (Å²) in [6.45, 7) is 5.16. The number of H-pyrrole nitrogens is 1. The summed E-state index contributed by atoms with van der Waals surface area (Å²) in [5.41, 5.74) is 2.96. The van der Waals surface area contributed by atoms with Gasteiger partial charge in [-0.1, -0.05) is 13.3 Å². The highest BCUT2D eigenvalue weighted by Crippen LogP contribution is 2.22. The van der Waals surface area contributed by atoms with Crippen molar-refractivity contribution in [1.29, 1.82) is 0 Å². The first-order valence-corrected chi connectivity index (χ1v) is 8.38. The van der Waals surface area contributed by atoms with Gasteiger partial charge in [0.15, 0.2) is 5.69 Å². The lowest BCUT2D eigenvalue weighted by Crippen LogP contribution is -2.40. The molecule has 1 aliphatic heterocycles. The molecule has 1 fully saturated rings. The Hall–Kier alpha value is -1.36. The SMILES string of the molecule is CCN1CCC[C@H]1CNC(=O)c1n[nH]c2c1CCCCC2. The number of nitrogens with one attached hydrogen (secondary N) is 2. The average molecular weight is 290 g/mol. The number of likely N-dealkylation sites (N-methyl/N-ethyl adjacent to an activating group) is 1. The van der Waals surface area contributed by atoms with E-state index in [1.165, 1.54) is 37.8 Å². The molecule has 5 nitrogen and oxygen atoms in total. The first-order valence-electron chi connectivity index (χ1n) is 8.38. The van der Waals surface area contributed by atoms with Gasteiger partial charge in [0.1, 0.15) is 0 Å². The highest BCUT2D eigenvalue weighted by Gasteiger charge is 2.25. The van der Waals surface area contributed by atoms with Crippen LogP contribution in [0.15, 0.2) is 0 Å². The van der Waals surface area contributed by atoms with Crippen molar-refractivity contribution >= 4 is 5.91 Å². The van der Waals surface area contributed by atoms with Gasteiger partial charge in [0.05, 0.1) is 0 Å². The third-order valence-electron chi connectivity index (χ3n) is 4.92. The number of carbonyl (C=O) groups is 1. The van der Waals surface area contributed by atoms with Crippen molar-refractivity contribution in [2.75, 3.05) is 19.6 Å². The van der Waals surface area contributed by atoms with Gasteiger partial charge >= 0.3 is 0 Å². The summed E-state index contributed by atoms with van der Waals surface area (Å²) in [5.74, 6) is -0.00245. The quantitative estimate of drug-likeness (QED) is 0.833. The average Bonchev–Trinajstić information content (AvgIpc) is 3.05. The molecule has 2 aliphatic rings. The first-order chi connectivity index (χ1) is 10.3. The number of fused-ring (bicyclic) bond motifs is 1. The minimum Gasteiger partial charge on any atom is -0.349 e. The van der Waals surface area contributed by atoms with Gasteiger partial charge in [-0.15, -0.1) is 0 Å². The Morgan fingerprint density at radius 2 is 2.19 bits per heavy atom. The van der Waals surface area contributed by atoms with Gasteiger partial charge < -0.3 is 5.32 Å². The van der Waals surface area contributed by atoms with Crippen LogP contribution in [0.1, 0.15) is 60.8 Å². The van der Waals surface area contributed by atoms with Crippen LogP contribution in [-0.2, 0) is 12.8 Å². The molecule has 2 N–H and O–H groups in total. The minimum absolute atomic E-state index is 0.00245. The predicted octanol–water partition coefficient (Wildman–Crippen LogP) is 1.89. The Balaban J connectivity index is 1.62. The fourth-order valence-corrected chi connectivity index (χ4v) is 3.68. The second kappa shape index (κ2) is 6.60. The van der Waals surface area contributed by atoms with Crippen LogP contribution in [0.5, 0.6) is 0 Å². The smallest absolute Gasteiger partial charge is 0.272 e. The molecular weight excluding hydrogens is 264 g/mol. The van der Waals surface area contributed by atoms with Gasteiger partial charge in [-0.3, -0.25) is 14.8 Å². The van der Waals surface area contributed by atoms with Crippen LogP contribution in [0.25, 0.3) is 0 Å². The number of nitrogens with zero attached hydrogens (tertiary/aromatic N) is 2. The summed E-state index contributed by atoms with van der Waals surface area (Å²) >= 11 is 0. The zero-order chi connectivity index (χ0) is 14.7. The van der Waals surface area contributed by atoms with Gasteiger partial charge in [0.2, 0.25) is 0 Å². The monoisotopic (exact) mass is 290 g/mol. The number of carbonyl (C=O) groups excluding carboxylic acids is 1. The van der Waals surface area contributed by atoms with E-state index in [1.807, 2.05) is 0 Å². The Morgan fingerprint density at radius 3 is 3.05 bits per heavy atom. The van der Waals surface area contributed by atoms with Crippen molar-refractivity contribution in [3.63, 3.8) is 0 Å². The molecule has 2 heterocycles. The molecule has 0 unspecified atom stereocenters.